The Morgan fingerprint density at radius 2 is 1.62 bits per heavy atom. The summed E-state index contributed by atoms with van der Waals surface area (Å²) in [6, 6.07) is 18.1. The summed E-state index contributed by atoms with van der Waals surface area (Å²) in [7, 11) is 1.67. The smallest absolute Gasteiger partial charge is 0.118 e. The zero-order valence-corrected chi connectivity index (χ0v) is 16.1. The first-order valence-corrected chi connectivity index (χ1v) is 9.22. The van der Waals surface area contributed by atoms with Crippen LogP contribution in [-0.2, 0) is 17.9 Å². The lowest BCUT2D eigenvalue weighted by Gasteiger charge is -2.27. The highest BCUT2D eigenvalue weighted by atomic mass is 16.5. The Balaban J connectivity index is 1.83. The lowest BCUT2D eigenvalue weighted by atomic mass is 10.1. The van der Waals surface area contributed by atoms with Gasteiger partial charge in [-0.1, -0.05) is 56.3 Å². The van der Waals surface area contributed by atoms with Crippen molar-refractivity contribution in [1.29, 1.82) is 0 Å². The van der Waals surface area contributed by atoms with Gasteiger partial charge in [-0.2, -0.15) is 0 Å². The molecular weight excluding hydrogens is 326 g/mol. The predicted octanol–water partition coefficient (Wildman–Crippen LogP) is 3.73. The Kier molecular flexibility index (Phi) is 8.62. The number of benzene rings is 2. The summed E-state index contributed by atoms with van der Waals surface area (Å²) in [5.41, 5.74) is 2.33. The summed E-state index contributed by atoms with van der Waals surface area (Å²) >= 11 is 0. The van der Waals surface area contributed by atoms with Gasteiger partial charge in [-0.05, 0) is 29.2 Å². The third-order valence-electron chi connectivity index (χ3n) is 4.08. The molecular formula is C22H31NO3. The van der Waals surface area contributed by atoms with Crippen LogP contribution in [0.1, 0.15) is 25.0 Å². The van der Waals surface area contributed by atoms with E-state index < -0.39 is 6.10 Å². The van der Waals surface area contributed by atoms with Gasteiger partial charge >= 0.3 is 0 Å². The third kappa shape index (κ3) is 7.56. The second-order valence-electron chi connectivity index (χ2n) is 7.09. The van der Waals surface area contributed by atoms with Crippen molar-refractivity contribution in [2.24, 2.45) is 5.92 Å². The second-order valence-corrected chi connectivity index (χ2v) is 7.09. The van der Waals surface area contributed by atoms with Gasteiger partial charge < -0.3 is 14.6 Å². The molecule has 0 amide bonds. The maximum Gasteiger partial charge on any atom is 0.118 e. The maximum absolute atomic E-state index is 10.4. The molecule has 4 heteroatoms. The van der Waals surface area contributed by atoms with E-state index in [9.17, 15) is 5.11 Å². The predicted molar refractivity (Wildman–Crippen MR) is 105 cm³/mol. The van der Waals surface area contributed by atoms with Crippen molar-refractivity contribution in [1.82, 2.24) is 4.90 Å². The topological polar surface area (TPSA) is 41.9 Å². The summed E-state index contributed by atoms with van der Waals surface area (Å²) in [5.74, 6) is 1.39. The summed E-state index contributed by atoms with van der Waals surface area (Å²) in [6.45, 7) is 7.59. The van der Waals surface area contributed by atoms with Crippen LogP contribution in [0.15, 0.2) is 54.6 Å². The van der Waals surface area contributed by atoms with Crippen LogP contribution < -0.4 is 4.74 Å². The molecule has 0 aliphatic heterocycles. The van der Waals surface area contributed by atoms with Crippen LogP contribution in [0.3, 0.4) is 0 Å². The quantitative estimate of drug-likeness (QED) is 0.665. The highest BCUT2D eigenvalue weighted by Gasteiger charge is 2.14. The molecule has 1 atom stereocenters. The molecule has 0 heterocycles. The molecule has 0 unspecified atom stereocenters. The van der Waals surface area contributed by atoms with Crippen molar-refractivity contribution in [3.05, 3.63) is 65.7 Å². The van der Waals surface area contributed by atoms with E-state index in [4.69, 9.17) is 9.47 Å². The summed E-state index contributed by atoms with van der Waals surface area (Å²) in [6.07, 6.45) is -0.504. The lowest BCUT2D eigenvalue weighted by molar-refractivity contribution is 0.00678. The Bertz CT molecular complexity index is 613. The van der Waals surface area contributed by atoms with Gasteiger partial charge in [-0.25, -0.2) is 0 Å². The van der Waals surface area contributed by atoms with E-state index in [0.29, 0.717) is 25.7 Å². The fourth-order valence-corrected chi connectivity index (χ4v) is 2.95. The molecule has 2 rings (SSSR count). The van der Waals surface area contributed by atoms with E-state index in [-0.39, 0.29) is 0 Å². The molecule has 142 valence electrons. The molecule has 2 aromatic rings. The SMILES string of the molecule is COc1ccc(CN(CC(C)C)C[C@H](O)COCc2ccccc2)cc1. The molecule has 0 aliphatic carbocycles. The van der Waals surface area contributed by atoms with Crippen LogP contribution >= 0.6 is 0 Å². The van der Waals surface area contributed by atoms with E-state index in [1.165, 1.54) is 5.56 Å². The first-order valence-electron chi connectivity index (χ1n) is 9.22. The fraction of sp³-hybridized carbons (Fsp3) is 0.455. The number of ether oxygens (including phenoxy) is 2. The molecule has 0 spiro atoms. The molecule has 0 radical (unpaired) electrons. The molecule has 26 heavy (non-hydrogen) atoms. The minimum atomic E-state index is -0.504. The number of aliphatic hydroxyl groups is 1. The minimum Gasteiger partial charge on any atom is -0.497 e. The van der Waals surface area contributed by atoms with E-state index in [2.05, 4.69) is 30.9 Å². The average molecular weight is 357 g/mol. The second kappa shape index (κ2) is 11.0. The first kappa shape index (κ1) is 20.4. The van der Waals surface area contributed by atoms with Gasteiger partial charge in [-0.15, -0.1) is 0 Å². The van der Waals surface area contributed by atoms with E-state index in [1.807, 2.05) is 42.5 Å². The minimum absolute atomic E-state index is 0.339. The highest BCUT2D eigenvalue weighted by Crippen LogP contribution is 2.14. The number of methoxy groups -OCH3 is 1. The molecule has 0 aliphatic rings. The largest absolute Gasteiger partial charge is 0.497 e. The van der Waals surface area contributed by atoms with Gasteiger partial charge in [0.1, 0.15) is 5.75 Å². The zero-order valence-electron chi connectivity index (χ0n) is 16.1. The molecule has 0 bridgehead atoms. The third-order valence-corrected chi connectivity index (χ3v) is 4.08. The number of aliphatic hydroxyl groups excluding tert-OH is 1. The number of nitrogens with zero attached hydrogens (tertiary/aromatic N) is 1. The lowest BCUT2D eigenvalue weighted by Crippen LogP contribution is -2.36. The monoisotopic (exact) mass is 357 g/mol. The maximum atomic E-state index is 10.4. The molecule has 0 aromatic heterocycles. The van der Waals surface area contributed by atoms with E-state index in [0.717, 1.165) is 24.4 Å². The Hall–Kier alpha value is -1.88. The molecule has 4 nitrogen and oxygen atoms in total. The number of rotatable bonds is 11. The van der Waals surface area contributed by atoms with Crippen LogP contribution in [0.2, 0.25) is 0 Å². The summed E-state index contributed by atoms with van der Waals surface area (Å²) in [5, 5.41) is 10.4. The summed E-state index contributed by atoms with van der Waals surface area (Å²) in [4.78, 5) is 2.28. The van der Waals surface area contributed by atoms with Gasteiger partial charge in [0.2, 0.25) is 0 Å². The average Bonchev–Trinajstić information content (AvgIpc) is 2.62. The molecule has 0 fully saturated rings. The van der Waals surface area contributed by atoms with Crippen molar-refractivity contribution in [2.75, 3.05) is 26.8 Å². The van der Waals surface area contributed by atoms with Crippen molar-refractivity contribution in [2.45, 2.75) is 33.1 Å². The van der Waals surface area contributed by atoms with Crippen LogP contribution in [0.25, 0.3) is 0 Å². The Morgan fingerprint density at radius 3 is 2.23 bits per heavy atom. The highest BCUT2D eigenvalue weighted by molar-refractivity contribution is 5.27. The number of hydrogen-bond donors (Lipinski definition) is 1. The van der Waals surface area contributed by atoms with Crippen molar-refractivity contribution in [3.8, 4) is 5.75 Å². The van der Waals surface area contributed by atoms with Crippen LogP contribution in [0.5, 0.6) is 5.75 Å². The van der Waals surface area contributed by atoms with Gasteiger partial charge in [0.15, 0.2) is 0 Å². The zero-order chi connectivity index (χ0) is 18.8. The standard InChI is InChI=1S/C22H31NO3/c1-18(2)13-23(14-19-9-11-22(25-3)12-10-19)15-21(24)17-26-16-20-7-5-4-6-8-20/h4-12,18,21,24H,13-17H2,1-3H3/t21-/m0/s1. The molecule has 2 aromatic carbocycles. The first-order chi connectivity index (χ1) is 12.6. The fourth-order valence-electron chi connectivity index (χ4n) is 2.95. The van der Waals surface area contributed by atoms with Crippen molar-refractivity contribution in [3.63, 3.8) is 0 Å². The van der Waals surface area contributed by atoms with Crippen LogP contribution in [0, 0.1) is 5.92 Å². The number of hydrogen-bond acceptors (Lipinski definition) is 4. The molecule has 0 saturated heterocycles. The van der Waals surface area contributed by atoms with Gasteiger partial charge in [0.05, 0.1) is 26.4 Å². The molecule has 0 saturated carbocycles. The van der Waals surface area contributed by atoms with Crippen LogP contribution in [-0.4, -0.2) is 42.9 Å². The van der Waals surface area contributed by atoms with Gasteiger partial charge in [0, 0.05) is 19.6 Å². The van der Waals surface area contributed by atoms with Crippen molar-refractivity contribution >= 4 is 0 Å². The van der Waals surface area contributed by atoms with E-state index in [1.54, 1.807) is 7.11 Å². The summed E-state index contributed by atoms with van der Waals surface area (Å²) < 4.78 is 10.9. The van der Waals surface area contributed by atoms with Crippen molar-refractivity contribution < 1.29 is 14.6 Å². The Morgan fingerprint density at radius 1 is 0.923 bits per heavy atom. The van der Waals surface area contributed by atoms with E-state index >= 15 is 0 Å². The van der Waals surface area contributed by atoms with Crippen LogP contribution in [0.4, 0.5) is 0 Å². The normalized spacial score (nSPS) is 12.5. The van der Waals surface area contributed by atoms with Gasteiger partial charge in [0.25, 0.3) is 0 Å². The Labute approximate surface area is 157 Å². The van der Waals surface area contributed by atoms with Gasteiger partial charge in [-0.3, -0.25) is 4.90 Å². The molecule has 1 N–H and O–H groups in total.